The van der Waals surface area contributed by atoms with Crippen LogP contribution in [0.5, 0.6) is 0 Å². The Labute approximate surface area is 128 Å². The number of hydrogen-bond acceptors (Lipinski definition) is 1. The van der Waals surface area contributed by atoms with Gasteiger partial charge in [-0.15, -0.1) is 0 Å². The molecule has 20 heavy (non-hydrogen) atoms. The zero-order chi connectivity index (χ0) is 14.9. The summed E-state index contributed by atoms with van der Waals surface area (Å²) in [5, 5.41) is 4.22. The van der Waals surface area contributed by atoms with E-state index in [1.54, 1.807) is 19.2 Å². The highest BCUT2D eigenvalue weighted by atomic mass is 35.5. The molecule has 0 saturated carbocycles. The van der Waals surface area contributed by atoms with Crippen LogP contribution in [0.15, 0.2) is 30.3 Å². The Morgan fingerprint density at radius 3 is 2.35 bits per heavy atom. The molecule has 1 unspecified atom stereocenters. The Hall–Kier alpha value is -1.09. The summed E-state index contributed by atoms with van der Waals surface area (Å²) in [5.41, 5.74) is 3.22. The Kier molecular flexibility index (Phi) is 4.69. The monoisotopic (exact) mass is 311 g/mol. The van der Waals surface area contributed by atoms with Gasteiger partial charge < -0.3 is 5.32 Å². The van der Waals surface area contributed by atoms with Crippen LogP contribution in [0.2, 0.25) is 10.0 Å². The molecular formula is C16H16Cl2FN. The average Bonchev–Trinajstić information content (AvgIpc) is 2.34. The summed E-state index contributed by atoms with van der Waals surface area (Å²) in [7, 11) is 1.79. The fraction of sp³-hybridized carbons (Fsp3) is 0.250. The number of hydrogen-bond donors (Lipinski definition) is 1. The molecule has 1 N–H and O–H groups in total. The number of aryl methyl sites for hydroxylation is 2. The van der Waals surface area contributed by atoms with Crippen LogP contribution in [-0.2, 0) is 0 Å². The van der Waals surface area contributed by atoms with E-state index in [9.17, 15) is 4.39 Å². The fourth-order valence-corrected chi connectivity index (χ4v) is 3.00. The summed E-state index contributed by atoms with van der Waals surface area (Å²) in [6.45, 7) is 3.78. The van der Waals surface area contributed by atoms with Gasteiger partial charge in [0.15, 0.2) is 0 Å². The van der Waals surface area contributed by atoms with Gasteiger partial charge in [-0.2, -0.15) is 0 Å². The lowest BCUT2D eigenvalue weighted by molar-refractivity contribution is 0.572. The molecule has 0 aliphatic rings. The van der Waals surface area contributed by atoms with Gasteiger partial charge in [0.1, 0.15) is 5.82 Å². The summed E-state index contributed by atoms with van der Waals surface area (Å²) in [5.74, 6) is -0.229. The van der Waals surface area contributed by atoms with Crippen molar-refractivity contribution in [2.75, 3.05) is 7.05 Å². The fourth-order valence-electron chi connectivity index (χ4n) is 2.48. The maximum absolute atomic E-state index is 14.3. The first kappa shape index (κ1) is 15.3. The van der Waals surface area contributed by atoms with Gasteiger partial charge in [0, 0.05) is 15.6 Å². The summed E-state index contributed by atoms with van der Waals surface area (Å²) in [4.78, 5) is 0. The summed E-state index contributed by atoms with van der Waals surface area (Å²) in [6.07, 6.45) is 0. The largest absolute Gasteiger partial charge is 0.309 e. The van der Waals surface area contributed by atoms with Gasteiger partial charge >= 0.3 is 0 Å². The second-order valence-corrected chi connectivity index (χ2v) is 5.71. The smallest absolute Gasteiger partial charge is 0.128 e. The molecule has 0 aromatic heterocycles. The van der Waals surface area contributed by atoms with Crippen molar-refractivity contribution >= 4 is 23.2 Å². The topological polar surface area (TPSA) is 12.0 Å². The van der Waals surface area contributed by atoms with Crippen LogP contribution in [0.1, 0.15) is 28.3 Å². The summed E-state index contributed by atoms with van der Waals surface area (Å²) >= 11 is 12.2. The van der Waals surface area contributed by atoms with Crippen molar-refractivity contribution in [3.63, 3.8) is 0 Å². The van der Waals surface area contributed by atoms with Crippen LogP contribution in [0.25, 0.3) is 0 Å². The molecule has 0 heterocycles. The highest BCUT2D eigenvalue weighted by Gasteiger charge is 2.21. The maximum Gasteiger partial charge on any atom is 0.128 e. The standard InChI is InChI=1S/C16H16Cl2FN/c1-9-6-10(2)15(14(19)7-9)16(20-3)12-5-4-11(17)8-13(12)18/h4-8,16,20H,1-3H3. The molecule has 2 aromatic rings. The average molecular weight is 312 g/mol. The van der Waals surface area contributed by atoms with Gasteiger partial charge in [-0.1, -0.05) is 35.3 Å². The van der Waals surface area contributed by atoms with E-state index in [2.05, 4.69) is 5.32 Å². The highest BCUT2D eigenvalue weighted by Crippen LogP contribution is 2.33. The minimum absolute atomic E-state index is 0.229. The van der Waals surface area contributed by atoms with Gasteiger partial charge in [0.05, 0.1) is 6.04 Å². The van der Waals surface area contributed by atoms with Crippen molar-refractivity contribution in [3.8, 4) is 0 Å². The summed E-state index contributed by atoms with van der Waals surface area (Å²) < 4.78 is 14.3. The minimum Gasteiger partial charge on any atom is -0.309 e. The molecule has 0 saturated heterocycles. The van der Waals surface area contributed by atoms with Gasteiger partial charge in [0.2, 0.25) is 0 Å². The Bertz CT molecular complexity index is 617. The van der Waals surface area contributed by atoms with E-state index >= 15 is 0 Å². The molecule has 2 rings (SSSR count). The van der Waals surface area contributed by atoms with Gasteiger partial charge in [-0.3, -0.25) is 0 Å². The Balaban J connectivity index is 2.58. The van der Waals surface area contributed by atoms with Crippen LogP contribution >= 0.6 is 23.2 Å². The predicted octanol–water partition coefficient (Wildman–Crippen LogP) is 5.06. The van der Waals surface area contributed by atoms with Crippen LogP contribution in [0, 0.1) is 19.7 Å². The SMILES string of the molecule is CNC(c1ccc(Cl)cc1Cl)c1c(C)cc(C)cc1F. The molecule has 1 atom stereocenters. The van der Waals surface area contributed by atoms with E-state index in [1.165, 1.54) is 6.07 Å². The van der Waals surface area contributed by atoms with Crippen molar-refractivity contribution in [2.24, 2.45) is 0 Å². The molecule has 0 bridgehead atoms. The molecule has 1 nitrogen and oxygen atoms in total. The van der Waals surface area contributed by atoms with E-state index in [0.29, 0.717) is 15.6 Å². The van der Waals surface area contributed by atoms with Gasteiger partial charge in [-0.25, -0.2) is 4.39 Å². The molecule has 0 fully saturated rings. The quantitative estimate of drug-likeness (QED) is 0.835. The Morgan fingerprint density at radius 2 is 1.80 bits per heavy atom. The van der Waals surface area contributed by atoms with Crippen LogP contribution in [0.3, 0.4) is 0 Å². The first-order valence-corrected chi connectivity index (χ1v) is 7.08. The first-order valence-electron chi connectivity index (χ1n) is 6.33. The van der Waals surface area contributed by atoms with Gasteiger partial charge in [0.25, 0.3) is 0 Å². The molecule has 0 spiro atoms. The normalized spacial score (nSPS) is 12.5. The number of benzene rings is 2. The van der Waals surface area contributed by atoms with E-state index in [4.69, 9.17) is 23.2 Å². The second kappa shape index (κ2) is 6.13. The molecular weight excluding hydrogens is 296 g/mol. The minimum atomic E-state index is -0.305. The molecule has 0 radical (unpaired) electrons. The van der Waals surface area contributed by atoms with E-state index < -0.39 is 0 Å². The van der Waals surface area contributed by atoms with E-state index in [1.807, 2.05) is 26.0 Å². The molecule has 2 aromatic carbocycles. The zero-order valence-corrected chi connectivity index (χ0v) is 13.1. The van der Waals surface area contributed by atoms with Crippen molar-refractivity contribution in [3.05, 3.63) is 68.4 Å². The van der Waals surface area contributed by atoms with Crippen LogP contribution in [0.4, 0.5) is 4.39 Å². The van der Waals surface area contributed by atoms with E-state index in [0.717, 1.165) is 16.7 Å². The molecule has 4 heteroatoms. The third-order valence-corrected chi connectivity index (χ3v) is 3.89. The molecule has 0 aliphatic carbocycles. The molecule has 0 amide bonds. The Morgan fingerprint density at radius 1 is 1.10 bits per heavy atom. The maximum atomic E-state index is 14.3. The third kappa shape index (κ3) is 2.98. The second-order valence-electron chi connectivity index (χ2n) is 4.86. The lowest BCUT2D eigenvalue weighted by Crippen LogP contribution is -2.20. The lowest BCUT2D eigenvalue weighted by atomic mass is 9.93. The number of halogens is 3. The van der Waals surface area contributed by atoms with Crippen molar-refractivity contribution in [2.45, 2.75) is 19.9 Å². The first-order chi connectivity index (χ1) is 9.43. The van der Waals surface area contributed by atoms with Crippen molar-refractivity contribution in [1.82, 2.24) is 5.32 Å². The highest BCUT2D eigenvalue weighted by molar-refractivity contribution is 6.35. The van der Waals surface area contributed by atoms with Crippen molar-refractivity contribution < 1.29 is 4.39 Å². The lowest BCUT2D eigenvalue weighted by Gasteiger charge is -2.22. The molecule has 0 aliphatic heterocycles. The van der Waals surface area contributed by atoms with Crippen molar-refractivity contribution in [1.29, 1.82) is 0 Å². The predicted molar refractivity (Wildman–Crippen MR) is 83.2 cm³/mol. The number of nitrogens with one attached hydrogen (secondary N) is 1. The van der Waals surface area contributed by atoms with Crippen LogP contribution < -0.4 is 5.32 Å². The van der Waals surface area contributed by atoms with E-state index in [-0.39, 0.29) is 11.9 Å². The van der Waals surface area contributed by atoms with Crippen LogP contribution in [-0.4, -0.2) is 7.05 Å². The third-order valence-electron chi connectivity index (χ3n) is 3.33. The number of rotatable bonds is 3. The zero-order valence-electron chi connectivity index (χ0n) is 11.6. The molecule has 106 valence electrons. The van der Waals surface area contributed by atoms with Gasteiger partial charge in [-0.05, 0) is 55.8 Å². The summed E-state index contributed by atoms with van der Waals surface area (Å²) in [6, 6.07) is 8.45.